The quantitative estimate of drug-likeness (QED) is 0.329. The Morgan fingerprint density at radius 2 is 1.41 bits per heavy atom. The molecule has 0 saturated heterocycles. The topological polar surface area (TPSA) is 57.2 Å². The summed E-state index contributed by atoms with van der Waals surface area (Å²) < 4.78 is 43.4. The summed E-state index contributed by atoms with van der Waals surface area (Å²) in [5, 5.41) is 0. The summed E-state index contributed by atoms with van der Waals surface area (Å²) in [6.45, 7) is 2.16. The molecule has 0 bridgehead atoms. The van der Waals surface area contributed by atoms with Crippen LogP contribution in [0, 0.1) is 0 Å². The smallest absolute Gasteiger partial charge is 0.746 e. The molecule has 0 aromatic carbocycles. The van der Waals surface area contributed by atoms with Gasteiger partial charge in [-0.05, 0) is 12.8 Å². The summed E-state index contributed by atoms with van der Waals surface area (Å²) in [6.07, 6.45) is 8.13. The second kappa shape index (κ2) is 11.9. The first-order valence-electron chi connectivity index (χ1n) is 6.07. The first-order valence-corrected chi connectivity index (χ1v) is 7.54. The zero-order chi connectivity index (χ0) is 12.4. The van der Waals surface area contributed by atoms with Crippen LogP contribution in [-0.2, 0) is 10.1 Å². The predicted octanol–water partition coefficient (Wildman–Crippen LogP) is 0.362. The van der Waals surface area contributed by atoms with Gasteiger partial charge < -0.3 is 4.55 Å². The van der Waals surface area contributed by atoms with E-state index in [-0.39, 0.29) is 36.0 Å². The van der Waals surface area contributed by atoms with Gasteiger partial charge in [0, 0.05) is 0 Å². The largest absolute Gasteiger partial charge is 1.00 e. The van der Waals surface area contributed by atoms with Gasteiger partial charge >= 0.3 is 29.6 Å². The van der Waals surface area contributed by atoms with Crippen molar-refractivity contribution >= 4 is 10.1 Å². The third kappa shape index (κ3) is 13.1. The second-order valence-corrected chi connectivity index (χ2v) is 5.66. The number of halogens is 1. The zero-order valence-electron chi connectivity index (χ0n) is 11.0. The first-order chi connectivity index (χ1) is 7.48. The van der Waals surface area contributed by atoms with Crippen molar-refractivity contribution in [2.45, 2.75) is 70.2 Å². The Kier molecular flexibility index (Phi) is 14.1. The monoisotopic (exact) mass is 276 g/mol. The third-order valence-corrected chi connectivity index (χ3v) is 3.46. The maximum atomic E-state index is 12.7. The number of unbranched alkanes of at least 4 members (excludes halogenated alkanes) is 7. The molecule has 17 heavy (non-hydrogen) atoms. The molecule has 0 aliphatic heterocycles. The summed E-state index contributed by atoms with van der Waals surface area (Å²) in [5.74, 6) is 0. The molecule has 0 rings (SSSR count). The van der Waals surface area contributed by atoms with Crippen LogP contribution in [-0.4, -0.2) is 18.5 Å². The molecular formula is C11H22FNaO3S. The van der Waals surface area contributed by atoms with Gasteiger partial charge in [-0.15, -0.1) is 0 Å². The molecule has 0 spiro atoms. The molecule has 3 nitrogen and oxygen atoms in total. The molecular weight excluding hydrogens is 254 g/mol. The summed E-state index contributed by atoms with van der Waals surface area (Å²) in [4.78, 5) is 0. The minimum Gasteiger partial charge on any atom is -0.746 e. The van der Waals surface area contributed by atoms with E-state index < -0.39 is 15.6 Å². The van der Waals surface area contributed by atoms with Crippen LogP contribution in [0.4, 0.5) is 4.39 Å². The Morgan fingerprint density at radius 3 is 1.82 bits per heavy atom. The fraction of sp³-hybridized carbons (Fsp3) is 1.00. The Balaban J connectivity index is 0. The number of alkyl halides is 1. The molecule has 0 saturated carbocycles. The third-order valence-electron chi connectivity index (χ3n) is 2.60. The van der Waals surface area contributed by atoms with Crippen LogP contribution >= 0.6 is 0 Å². The fourth-order valence-corrected chi connectivity index (χ4v) is 2.04. The molecule has 1 atom stereocenters. The van der Waals surface area contributed by atoms with Crippen LogP contribution in [0.3, 0.4) is 0 Å². The van der Waals surface area contributed by atoms with Gasteiger partial charge in [-0.25, -0.2) is 12.8 Å². The molecule has 0 heterocycles. The van der Waals surface area contributed by atoms with Crippen LogP contribution in [0.5, 0.6) is 0 Å². The molecule has 0 radical (unpaired) electrons. The van der Waals surface area contributed by atoms with Crippen LogP contribution in [0.1, 0.15) is 64.7 Å². The van der Waals surface area contributed by atoms with E-state index in [1.54, 1.807) is 0 Å². The standard InChI is InChI=1S/C11H23FO3S.Na/c1-2-3-4-5-6-7-8-9-10-11(12)16(13,14)15;/h11H,2-10H2,1H3,(H,13,14,15);/q;+1/p-1. The molecule has 98 valence electrons. The Bertz CT molecular complexity index is 257. The minimum atomic E-state index is -4.72. The Morgan fingerprint density at radius 1 is 1.00 bits per heavy atom. The van der Waals surface area contributed by atoms with Crippen molar-refractivity contribution in [2.75, 3.05) is 0 Å². The van der Waals surface area contributed by atoms with Gasteiger partial charge in [0.05, 0.1) is 0 Å². The Labute approximate surface area is 127 Å². The summed E-state index contributed by atoms with van der Waals surface area (Å²) in [5.41, 5.74) is -2.22. The van der Waals surface area contributed by atoms with E-state index in [9.17, 15) is 17.4 Å². The van der Waals surface area contributed by atoms with Gasteiger partial charge in [-0.1, -0.05) is 51.9 Å². The minimum absolute atomic E-state index is 0. The maximum Gasteiger partial charge on any atom is 1.00 e. The molecule has 0 N–H and O–H groups in total. The molecule has 6 heteroatoms. The molecule has 0 fully saturated rings. The van der Waals surface area contributed by atoms with E-state index in [0.717, 1.165) is 19.3 Å². The maximum absolute atomic E-state index is 12.7. The zero-order valence-corrected chi connectivity index (χ0v) is 13.8. The fourth-order valence-electron chi connectivity index (χ4n) is 1.58. The number of hydrogen-bond acceptors (Lipinski definition) is 3. The van der Waals surface area contributed by atoms with Gasteiger partial charge in [0.15, 0.2) is 5.50 Å². The van der Waals surface area contributed by atoms with Gasteiger partial charge in [0.25, 0.3) is 0 Å². The van der Waals surface area contributed by atoms with Crippen molar-refractivity contribution in [3.63, 3.8) is 0 Å². The van der Waals surface area contributed by atoms with Gasteiger partial charge in [0.1, 0.15) is 10.1 Å². The molecule has 0 aromatic heterocycles. The van der Waals surface area contributed by atoms with Crippen molar-refractivity contribution < 1.29 is 46.9 Å². The molecule has 0 aliphatic rings. The molecule has 0 aromatic rings. The van der Waals surface area contributed by atoms with Gasteiger partial charge in [0.2, 0.25) is 0 Å². The normalized spacial score (nSPS) is 13.1. The summed E-state index contributed by atoms with van der Waals surface area (Å²) in [6, 6.07) is 0. The van der Waals surface area contributed by atoms with E-state index in [1.807, 2.05) is 0 Å². The van der Waals surface area contributed by atoms with Crippen molar-refractivity contribution in [1.29, 1.82) is 0 Å². The van der Waals surface area contributed by atoms with E-state index in [4.69, 9.17) is 0 Å². The average molecular weight is 276 g/mol. The van der Waals surface area contributed by atoms with E-state index >= 15 is 0 Å². The van der Waals surface area contributed by atoms with Crippen molar-refractivity contribution in [1.82, 2.24) is 0 Å². The van der Waals surface area contributed by atoms with Crippen LogP contribution in [0.15, 0.2) is 0 Å². The van der Waals surface area contributed by atoms with E-state index in [1.165, 1.54) is 25.7 Å². The van der Waals surface area contributed by atoms with Crippen LogP contribution in [0.2, 0.25) is 0 Å². The molecule has 1 unspecified atom stereocenters. The molecule has 0 aliphatic carbocycles. The number of hydrogen-bond donors (Lipinski definition) is 0. The van der Waals surface area contributed by atoms with E-state index in [0.29, 0.717) is 6.42 Å². The van der Waals surface area contributed by atoms with Gasteiger partial charge in [-0.2, -0.15) is 0 Å². The molecule has 0 amide bonds. The first kappa shape index (κ1) is 20.2. The van der Waals surface area contributed by atoms with E-state index in [2.05, 4.69) is 6.92 Å². The second-order valence-electron chi connectivity index (χ2n) is 4.17. The summed E-state index contributed by atoms with van der Waals surface area (Å²) in [7, 11) is -4.72. The van der Waals surface area contributed by atoms with Crippen molar-refractivity contribution in [3.8, 4) is 0 Å². The average Bonchev–Trinajstić information content (AvgIpc) is 2.20. The predicted molar refractivity (Wildman–Crippen MR) is 61.8 cm³/mol. The van der Waals surface area contributed by atoms with Crippen molar-refractivity contribution in [3.05, 3.63) is 0 Å². The Hall–Kier alpha value is 0.840. The number of rotatable bonds is 10. The van der Waals surface area contributed by atoms with Crippen molar-refractivity contribution in [2.24, 2.45) is 0 Å². The SMILES string of the molecule is CCCCCCCCCCC(F)S(=O)(=O)[O-].[Na+]. The van der Waals surface area contributed by atoms with Gasteiger partial charge in [-0.3, -0.25) is 0 Å². The van der Waals surface area contributed by atoms with Crippen LogP contribution < -0.4 is 29.6 Å². The van der Waals surface area contributed by atoms with Crippen LogP contribution in [0.25, 0.3) is 0 Å². The summed E-state index contributed by atoms with van der Waals surface area (Å²) >= 11 is 0.